The minimum atomic E-state index is -4.02. The highest BCUT2D eigenvalue weighted by atomic mass is 32.2. The molecule has 0 saturated carbocycles. The lowest BCUT2D eigenvalue weighted by Gasteiger charge is -2.10. The van der Waals surface area contributed by atoms with Gasteiger partial charge in [0, 0.05) is 5.56 Å². The number of benzene rings is 2. The first kappa shape index (κ1) is 16.9. The van der Waals surface area contributed by atoms with Crippen LogP contribution >= 0.6 is 0 Å². The van der Waals surface area contributed by atoms with Gasteiger partial charge in [-0.2, -0.15) is 0 Å². The van der Waals surface area contributed by atoms with Gasteiger partial charge < -0.3 is 0 Å². The Kier molecular flexibility index (Phi) is 5.30. The van der Waals surface area contributed by atoms with Crippen LogP contribution < -0.4 is 10.2 Å². The first-order valence-electron chi connectivity index (χ1n) is 6.73. The molecule has 0 saturated heterocycles. The molecule has 2 N–H and O–H groups in total. The molecule has 0 heterocycles. The lowest BCUT2D eigenvalue weighted by atomic mass is 10.2. The molecule has 122 valence electrons. The third-order valence-electron chi connectivity index (χ3n) is 2.83. The van der Waals surface area contributed by atoms with E-state index in [2.05, 4.69) is 10.2 Å². The second-order valence-corrected chi connectivity index (χ2v) is 6.16. The number of hydrogen-bond donors (Lipinski definition) is 2. The highest BCUT2D eigenvalue weighted by Crippen LogP contribution is 2.19. The minimum Gasteiger partial charge on any atom is -0.277 e. The lowest BCUT2D eigenvalue weighted by Crippen LogP contribution is -2.24. The van der Waals surface area contributed by atoms with Crippen molar-refractivity contribution in [3.63, 3.8) is 0 Å². The lowest BCUT2D eigenvalue weighted by molar-refractivity contribution is 0.0364. The molecule has 6 nitrogen and oxygen atoms in total. The number of sulfonamides is 1. The summed E-state index contributed by atoms with van der Waals surface area (Å²) in [5, 5.41) is 0. The number of amides is 1. The number of halogens is 1. The van der Waals surface area contributed by atoms with Gasteiger partial charge in [-0.1, -0.05) is 18.2 Å². The van der Waals surface area contributed by atoms with Crippen molar-refractivity contribution in [2.75, 3.05) is 11.3 Å². The van der Waals surface area contributed by atoms with Crippen LogP contribution in [0.4, 0.5) is 10.1 Å². The zero-order valence-electron chi connectivity index (χ0n) is 12.2. The van der Waals surface area contributed by atoms with Crippen LogP contribution in [0.5, 0.6) is 0 Å². The summed E-state index contributed by atoms with van der Waals surface area (Å²) in [6.07, 6.45) is 0. The molecule has 0 aromatic heterocycles. The summed E-state index contributed by atoms with van der Waals surface area (Å²) < 4.78 is 40.3. The molecule has 0 aliphatic carbocycles. The highest BCUT2D eigenvalue weighted by Gasteiger charge is 2.18. The van der Waals surface area contributed by atoms with Gasteiger partial charge in [0.05, 0.1) is 17.2 Å². The van der Waals surface area contributed by atoms with Crippen LogP contribution in [0.25, 0.3) is 0 Å². The van der Waals surface area contributed by atoms with Crippen LogP contribution in [0.15, 0.2) is 53.4 Å². The molecule has 0 fully saturated rings. The first-order valence-corrected chi connectivity index (χ1v) is 8.22. The number of anilines is 1. The Labute approximate surface area is 133 Å². The van der Waals surface area contributed by atoms with E-state index >= 15 is 0 Å². The van der Waals surface area contributed by atoms with E-state index in [4.69, 9.17) is 4.84 Å². The predicted octanol–water partition coefficient (Wildman–Crippen LogP) is 2.31. The SMILES string of the molecule is CCONC(=O)c1cccc(S(=O)(=O)Nc2ccccc2F)c1. The second kappa shape index (κ2) is 7.21. The fraction of sp³-hybridized carbons (Fsp3) is 0.133. The molecule has 0 unspecified atom stereocenters. The summed E-state index contributed by atoms with van der Waals surface area (Å²) in [6, 6.07) is 10.7. The molecule has 0 aliphatic heterocycles. The molecule has 0 spiro atoms. The fourth-order valence-corrected chi connectivity index (χ4v) is 2.86. The molecular formula is C15H15FN2O4S. The molecule has 8 heteroatoms. The van der Waals surface area contributed by atoms with Crippen molar-refractivity contribution in [1.82, 2.24) is 5.48 Å². The van der Waals surface area contributed by atoms with Crippen LogP contribution in [0.2, 0.25) is 0 Å². The minimum absolute atomic E-state index is 0.106. The van der Waals surface area contributed by atoms with Crippen molar-refractivity contribution >= 4 is 21.6 Å². The van der Waals surface area contributed by atoms with E-state index in [0.717, 1.165) is 6.07 Å². The van der Waals surface area contributed by atoms with Gasteiger partial charge in [0.25, 0.3) is 15.9 Å². The number of hydrogen-bond acceptors (Lipinski definition) is 4. The van der Waals surface area contributed by atoms with Crippen LogP contribution in [0.1, 0.15) is 17.3 Å². The van der Waals surface area contributed by atoms with Crippen LogP contribution in [0.3, 0.4) is 0 Å². The molecule has 23 heavy (non-hydrogen) atoms. The van der Waals surface area contributed by atoms with Crippen LogP contribution in [-0.2, 0) is 14.9 Å². The molecule has 2 aromatic carbocycles. The topological polar surface area (TPSA) is 84.5 Å². The Hall–Kier alpha value is -2.45. The van der Waals surface area contributed by atoms with E-state index < -0.39 is 21.7 Å². The van der Waals surface area contributed by atoms with E-state index in [1.807, 2.05) is 0 Å². The average molecular weight is 338 g/mol. The number of nitrogens with one attached hydrogen (secondary N) is 2. The molecule has 0 aliphatic rings. The van der Waals surface area contributed by atoms with Gasteiger partial charge in [-0.25, -0.2) is 18.3 Å². The molecule has 2 aromatic rings. The van der Waals surface area contributed by atoms with Gasteiger partial charge in [-0.05, 0) is 37.3 Å². The predicted molar refractivity (Wildman–Crippen MR) is 82.7 cm³/mol. The molecule has 0 atom stereocenters. The third-order valence-corrected chi connectivity index (χ3v) is 4.20. The number of rotatable bonds is 6. The smallest absolute Gasteiger partial charge is 0.274 e. The van der Waals surface area contributed by atoms with E-state index in [0.29, 0.717) is 0 Å². The highest BCUT2D eigenvalue weighted by molar-refractivity contribution is 7.92. The quantitative estimate of drug-likeness (QED) is 0.792. The Morgan fingerprint density at radius 2 is 1.91 bits per heavy atom. The van der Waals surface area contributed by atoms with Crippen LogP contribution in [-0.4, -0.2) is 20.9 Å². The molecule has 1 amide bonds. The largest absolute Gasteiger partial charge is 0.277 e. The Bertz CT molecular complexity index is 809. The van der Waals surface area contributed by atoms with E-state index in [9.17, 15) is 17.6 Å². The van der Waals surface area contributed by atoms with E-state index in [1.54, 1.807) is 6.92 Å². The molecule has 0 radical (unpaired) electrons. The molecule has 2 rings (SSSR count). The summed E-state index contributed by atoms with van der Waals surface area (Å²) in [7, 11) is -4.02. The maximum absolute atomic E-state index is 13.6. The monoisotopic (exact) mass is 338 g/mol. The number of carbonyl (C=O) groups is 1. The van der Waals surface area contributed by atoms with Crippen molar-refractivity contribution < 1.29 is 22.4 Å². The summed E-state index contributed by atoms with van der Waals surface area (Å²) >= 11 is 0. The maximum Gasteiger partial charge on any atom is 0.274 e. The van der Waals surface area contributed by atoms with Gasteiger partial charge in [-0.3, -0.25) is 14.4 Å². The Morgan fingerprint density at radius 1 is 1.17 bits per heavy atom. The maximum atomic E-state index is 13.6. The van der Waals surface area contributed by atoms with Crippen molar-refractivity contribution in [3.8, 4) is 0 Å². The third kappa shape index (κ3) is 4.27. The number of carbonyl (C=O) groups excluding carboxylic acids is 1. The molecule has 0 bridgehead atoms. The number of hydroxylamine groups is 1. The zero-order valence-corrected chi connectivity index (χ0v) is 13.1. The van der Waals surface area contributed by atoms with E-state index in [1.165, 1.54) is 42.5 Å². The molecular weight excluding hydrogens is 323 g/mol. The Morgan fingerprint density at radius 3 is 2.61 bits per heavy atom. The first-order chi connectivity index (χ1) is 10.9. The van der Waals surface area contributed by atoms with Gasteiger partial charge in [0.2, 0.25) is 0 Å². The number of para-hydroxylation sites is 1. The summed E-state index contributed by atoms with van der Waals surface area (Å²) in [4.78, 5) is 16.4. The second-order valence-electron chi connectivity index (χ2n) is 4.48. The normalized spacial score (nSPS) is 11.0. The Balaban J connectivity index is 2.27. The van der Waals surface area contributed by atoms with Crippen LogP contribution in [0, 0.1) is 5.82 Å². The van der Waals surface area contributed by atoms with E-state index in [-0.39, 0.29) is 22.8 Å². The van der Waals surface area contributed by atoms with Crippen molar-refractivity contribution in [1.29, 1.82) is 0 Å². The van der Waals surface area contributed by atoms with Gasteiger partial charge in [-0.15, -0.1) is 0 Å². The zero-order chi connectivity index (χ0) is 16.9. The summed E-state index contributed by atoms with van der Waals surface area (Å²) in [6.45, 7) is 1.97. The van der Waals surface area contributed by atoms with Gasteiger partial charge in [0.1, 0.15) is 5.82 Å². The standard InChI is InChI=1S/C15H15FN2O4S/c1-2-22-17-15(19)11-6-5-7-12(10-11)23(20,21)18-14-9-4-3-8-13(14)16/h3-10,18H,2H2,1H3,(H,17,19). The van der Waals surface area contributed by atoms with Gasteiger partial charge in [0.15, 0.2) is 0 Å². The summed E-state index contributed by atoms with van der Waals surface area (Å²) in [5.41, 5.74) is 2.11. The van der Waals surface area contributed by atoms with Crippen molar-refractivity contribution in [2.24, 2.45) is 0 Å². The van der Waals surface area contributed by atoms with Gasteiger partial charge >= 0.3 is 0 Å². The average Bonchev–Trinajstić information content (AvgIpc) is 2.54. The fourth-order valence-electron chi connectivity index (χ4n) is 1.75. The van der Waals surface area contributed by atoms with Crippen molar-refractivity contribution in [2.45, 2.75) is 11.8 Å². The summed E-state index contributed by atoms with van der Waals surface area (Å²) in [5.74, 6) is -1.27. The van der Waals surface area contributed by atoms with Crippen molar-refractivity contribution in [3.05, 3.63) is 59.9 Å².